The van der Waals surface area contributed by atoms with Gasteiger partial charge in [0.05, 0.1) is 12.2 Å². The van der Waals surface area contributed by atoms with Crippen LogP contribution in [0.3, 0.4) is 0 Å². The van der Waals surface area contributed by atoms with E-state index in [4.69, 9.17) is 0 Å². The van der Waals surface area contributed by atoms with Crippen molar-refractivity contribution >= 4 is 5.91 Å². The number of rotatable bonds is 2. The molecule has 30 heavy (non-hydrogen) atoms. The molecule has 2 aromatic carbocycles. The first-order valence-electron chi connectivity index (χ1n) is 10.6. The molecule has 156 valence electrons. The highest BCUT2D eigenvalue weighted by molar-refractivity contribution is 5.73. The lowest BCUT2D eigenvalue weighted by Crippen LogP contribution is -2.67. The van der Waals surface area contributed by atoms with Crippen LogP contribution in [0.15, 0.2) is 48.5 Å². The lowest BCUT2D eigenvalue weighted by Gasteiger charge is -2.57. The van der Waals surface area contributed by atoms with E-state index >= 15 is 0 Å². The third-order valence-electron chi connectivity index (χ3n) is 6.33. The molecule has 0 spiro atoms. The van der Waals surface area contributed by atoms with Crippen molar-refractivity contribution in [3.63, 3.8) is 0 Å². The third kappa shape index (κ3) is 4.12. The number of aliphatic hydroxyl groups is 1. The largest absolute Gasteiger partial charge is 0.395 e. The summed E-state index contributed by atoms with van der Waals surface area (Å²) in [5, 5.41) is 10.0. The number of nitrogens with zero attached hydrogens (tertiary/aromatic N) is 2. The minimum atomic E-state index is -0.318. The maximum Gasteiger partial charge on any atom is 0.219 e. The van der Waals surface area contributed by atoms with Gasteiger partial charge in [-0.05, 0) is 49.2 Å². The second-order valence-electron chi connectivity index (χ2n) is 8.10. The molecule has 2 saturated heterocycles. The molecule has 1 N–H and O–H groups in total. The molecule has 4 nitrogen and oxygen atoms in total. The zero-order valence-corrected chi connectivity index (χ0v) is 17.2. The topological polar surface area (TPSA) is 43.8 Å². The van der Waals surface area contributed by atoms with Crippen molar-refractivity contribution in [2.75, 3.05) is 26.2 Å². The number of carbonyl (C=O) groups excluding carboxylic acids is 1. The number of fused-ring (bicyclic) bond motifs is 1. The second kappa shape index (κ2) is 8.99. The summed E-state index contributed by atoms with van der Waals surface area (Å²) in [6, 6.07) is 14.8. The van der Waals surface area contributed by atoms with Gasteiger partial charge < -0.3 is 10.0 Å². The highest BCUT2D eigenvalue weighted by Crippen LogP contribution is 2.41. The van der Waals surface area contributed by atoms with Crippen molar-refractivity contribution in [1.82, 2.24) is 9.80 Å². The molecule has 5 heteroatoms. The van der Waals surface area contributed by atoms with Crippen molar-refractivity contribution in [3.05, 3.63) is 71.0 Å². The van der Waals surface area contributed by atoms with Crippen LogP contribution in [0.5, 0.6) is 0 Å². The molecule has 3 atom stereocenters. The number of benzene rings is 2. The Bertz CT molecular complexity index is 963. The Morgan fingerprint density at radius 1 is 1.10 bits per heavy atom. The fourth-order valence-electron chi connectivity index (χ4n) is 4.72. The molecular formula is C25H27FN2O2. The van der Waals surface area contributed by atoms with Crippen molar-refractivity contribution in [1.29, 1.82) is 0 Å². The number of halogens is 1. The van der Waals surface area contributed by atoms with E-state index in [1.807, 2.05) is 29.2 Å². The minimum Gasteiger partial charge on any atom is -0.395 e. The normalized spacial score (nSPS) is 24.0. The molecule has 2 heterocycles. The number of carbonyl (C=O) groups is 1. The molecular weight excluding hydrogens is 379 g/mol. The van der Waals surface area contributed by atoms with Crippen LogP contribution in [-0.2, 0) is 4.79 Å². The zero-order chi connectivity index (χ0) is 21.1. The predicted molar refractivity (Wildman–Crippen MR) is 114 cm³/mol. The molecule has 2 aromatic rings. The van der Waals surface area contributed by atoms with Crippen LogP contribution in [0, 0.1) is 17.7 Å². The number of hydrogen-bond donors (Lipinski definition) is 1. The summed E-state index contributed by atoms with van der Waals surface area (Å²) in [6.07, 6.45) is 2.04. The van der Waals surface area contributed by atoms with E-state index in [0.29, 0.717) is 12.1 Å². The molecule has 0 saturated carbocycles. The molecule has 2 aliphatic heterocycles. The number of aliphatic hydroxyl groups excluding tert-OH is 1. The zero-order valence-electron chi connectivity index (χ0n) is 17.2. The number of hydrogen-bond acceptors (Lipinski definition) is 3. The Balaban J connectivity index is 1.54. The minimum absolute atomic E-state index is 0.0808. The Kier molecular flexibility index (Phi) is 6.17. The quantitative estimate of drug-likeness (QED) is 0.780. The predicted octanol–water partition coefficient (Wildman–Crippen LogP) is 3.00. The summed E-state index contributed by atoms with van der Waals surface area (Å²) >= 11 is 0. The van der Waals surface area contributed by atoms with Crippen LogP contribution in [0.25, 0.3) is 0 Å². The Morgan fingerprint density at radius 3 is 2.53 bits per heavy atom. The Morgan fingerprint density at radius 2 is 1.83 bits per heavy atom. The van der Waals surface area contributed by atoms with E-state index in [1.165, 1.54) is 6.07 Å². The van der Waals surface area contributed by atoms with Gasteiger partial charge in [0.25, 0.3) is 0 Å². The monoisotopic (exact) mass is 406 g/mol. The average Bonchev–Trinajstić information content (AvgIpc) is 2.72. The van der Waals surface area contributed by atoms with Crippen LogP contribution >= 0.6 is 0 Å². The van der Waals surface area contributed by atoms with Gasteiger partial charge in [-0.15, -0.1) is 0 Å². The summed E-state index contributed by atoms with van der Waals surface area (Å²) < 4.78 is 13.7. The molecule has 4 rings (SSSR count). The van der Waals surface area contributed by atoms with Crippen molar-refractivity contribution in [3.8, 4) is 11.8 Å². The van der Waals surface area contributed by atoms with Crippen LogP contribution in [0.2, 0.25) is 0 Å². The van der Waals surface area contributed by atoms with E-state index in [9.17, 15) is 14.3 Å². The summed E-state index contributed by atoms with van der Waals surface area (Å²) in [5.41, 5.74) is 2.35. The summed E-state index contributed by atoms with van der Waals surface area (Å²) in [5.74, 6) is 5.89. The Labute approximate surface area is 177 Å². The van der Waals surface area contributed by atoms with E-state index in [2.05, 4.69) is 16.7 Å². The van der Waals surface area contributed by atoms with E-state index < -0.39 is 0 Å². The maximum atomic E-state index is 13.7. The lowest BCUT2D eigenvalue weighted by molar-refractivity contribution is -0.134. The molecule has 0 bridgehead atoms. The summed E-state index contributed by atoms with van der Waals surface area (Å²) in [6.45, 7) is 4.21. The fraction of sp³-hybridized carbons (Fsp3) is 0.400. The Hall–Kier alpha value is -2.68. The molecule has 0 unspecified atom stereocenters. The summed E-state index contributed by atoms with van der Waals surface area (Å²) in [4.78, 5) is 16.3. The first kappa shape index (κ1) is 20.6. The molecule has 2 fully saturated rings. The van der Waals surface area contributed by atoms with Gasteiger partial charge in [-0.2, -0.15) is 0 Å². The van der Waals surface area contributed by atoms with Gasteiger partial charge in [0.2, 0.25) is 5.91 Å². The van der Waals surface area contributed by atoms with Crippen molar-refractivity contribution in [2.45, 2.75) is 37.8 Å². The van der Waals surface area contributed by atoms with Gasteiger partial charge in [-0.3, -0.25) is 9.69 Å². The SMILES string of the molecule is CC(=O)N1CCCCN2[C@@H](CO)[C@H](c3ccc(C#Cc4ccccc4F)cc3)[C@@H]2C1. The van der Waals surface area contributed by atoms with E-state index in [-0.39, 0.29) is 36.3 Å². The fourth-order valence-corrected chi connectivity index (χ4v) is 4.72. The first-order valence-corrected chi connectivity index (χ1v) is 10.6. The molecule has 1 amide bonds. The lowest BCUT2D eigenvalue weighted by atomic mass is 9.74. The number of amides is 1. The molecule has 0 aliphatic carbocycles. The van der Waals surface area contributed by atoms with Crippen LogP contribution in [0.4, 0.5) is 4.39 Å². The molecule has 0 radical (unpaired) electrons. The van der Waals surface area contributed by atoms with Gasteiger partial charge in [0.1, 0.15) is 5.82 Å². The summed E-state index contributed by atoms with van der Waals surface area (Å²) in [7, 11) is 0. The highest BCUT2D eigenvalue weighted by atomic mass is 19.1. The molecule has 2 aliphatic rings. The third-order valence-corrected chi connectivity index (χ3v) is 6.33. The van der Waals surface area contributed by atoms with Gasteiger partial charge in [0.15, 0.2) is 0 Å². The van der Waals surface area contributed by atoms with Gasteiger partial charge in [0, 0.05) is 43.6 Å². The first-order chi connectivity index (χ1) is 14.6. The highest BCUT2D eigenvalue weighted by Gasteiger charge is 2.49. The van der Waals surface area contributed by atoms with Gasteiger partial charge >= 0.3 is 0 Å². The van der Waals surface area contributed by atoms with Crippen molar-refractivity contribution in [2.24, 2.45) is 0 Å². The smallest absolute Gasteiger partial charge is 0.219 e. The van der Waals surface area contributed by atoms with Crippen LogP contribution in [-0.4, -0.2) is 59.1 Å². The van der Waals surface area contributed by atoms with E-state index in [0.717, 1.165) is 37.1 Å². The average molecular weight is 407 g/mol. The van der Waals surface area contributed by atoms with Crippen molar-refractivity contribution < 1.29 is 14.3 Å². The van der Waals surface area contributed by atoms with Gasteiger partial charge in [-0.25, -0.2) is 4.39 Å². The van der Waals surface area contributed by atoms with Crippen LogP contribution in [0.1, 0.15) is 42.4 Å². The molecule has 0 aromatic heterocycles. The van der Waals surface area contributed by atoms with Gasteiger partial charge in [-0.1, -0.05) is 36.1 Å². The van der Waals surface area contributed by atoms with E-state index in [1.54, 1.807) is 25.1 Å². The van der Waals surface area contributed by atoms with Crippen LogP contribution < -0.4 is 0 Å². The second-order valence-corrected chi connectivity index (χ2v) is 8.10. The maximum absolute atomic E-state index is 13.7. The standard InChI is InChI=1S/C25H27FN2O2/c1-18(30)27-14-4-5-15-28-23(16-27)25(24(28)17-29)21-12-9-19(10-13-21)8-11-20-6-2-3-7-22(20)26/h2-3,6-7,9-10,12-13,23-25,29H,4-5,14-17H2,1H3/t23-,24-,25+/m0/s1.